The molecule has 0 saturated heterocycles. The van der Waals surface area contributed by atoms with Crippen LogP contribution in [0.25, 0.3) is 55.6 Å². The minimum atomic E-state index is -0.144. The summed E-state index contributed by atoms with van der Waals surface area (Å²) in [4.78, 5) is 2.39. The van der Waals surface area contributed by atoms with Crippen LogP contribution in [0.15, 0.2) is 188 Å². The zero-order valence-corrected chi connectivity index (χ0v) is 29.8. The molecule has 0 saturated carbocycles. The quantitative estimate of drug-likeness (QED) is 0.180. The molecule has 2 nitrogen and oxygen atoms in total. The van der Waals surface area contributed by atoms with E-state index in [1.54, 1.807) is 0 Å². The number of hydrogen-bond acceptors (Lipinski definition) is 2. The highest BCUT2D eigenvalue weighted by Crippen LogP contribution is 2.56. The number of ether oxygens (including phenoxy) is 1. The summed E-state index contributed by atoms with van der Waals surface area (Å²) >= 11 is 0. The van der Waals surface area contributed by atoms with Crippen molar-refractivity contribution in [1.82, 2.24) is 0 Å². The van der Waals surface area contributed by atoms with Gasteiger partial charge in [-0.25, -0.2) is 0 Å². The van der Waals surface area contributed by atoms with Gasteiger partial charge in [-0.3, -0.25) is 0 Å². The molecule has 0 unspecified atom stereocenters. The van der Waals surface area contributed by atoms with Gasteiger partial charge >= 0.3 is 0 Å². The fraction of sp³-hybridized carbons (Fsp3) is 0.0588. The van der Waals surface area contributed by atoms with Gasteiger partial charge in [-0.05, 0) is 86.5 Å². The van der Waals surface area contributed by atoms with Crippen molar-refractivity contribution in [3.63, 3.8) is 0 Å². The van der Waals surface area contributed by atoms with Gasteiger partial charge in [0.1, 0.15) is 5.75 Å². The molecule has 0 amide bonds. The first-order chi connectivity index (χ1) is 26.1. The maximum absolute atomic E-state index is 7.19. The normalized spacial score (nSPS) is 13.0. The number of benzene rings is 8. The Kier molecular flexibility index (Phi) is 7.19. The Hall–Kier alpha value is -6.64. The highest BCUT2D eigenvalue weighted by Gasteiger charge is 2.36. The molecule has 252 valence electrons. The molecule has 1 aliphatic heterocycles. The summed E-state index contributed by atoms with van der Waals surface area (Å²) in [7, 11) is 0. The molecule has 1 heterocycles. The van der Waals surface area contributed by atoms with E-state index in [0.717, 1.165) is 50.8 Å². The topological polar surface area (TPSA) is 12.5 Å². The summed E-state index contributed by atoms with van der Waals surface area (Å²) in [5.74, 6) is 1.67. The van der Waals surface area contributed by atoms with E-state index in [4.69, 9.17) is 4.74 Å². The molecular formula is C51H37NO. The first-order valence-electron chi connectivity index (χ1n) is 18.4. The maximum atomic E-state index is 7.19. The number of nitrogens with zero attached hydrogens (tertiary/aromatic N) is 1. The first kappa shape index (κ1) is 31.1. The van der Waals surface area contributed by atoms with Crippen molar-refractivity contribution >= 4 is 17.1 Å². The first-order valence-corrected chi connectivity index (χ1v) is 18.4. The fourth-order valence-electron chi connectivity index (χ4n) is 8.53. The average Bonchev–Trinajstić information content (AvgIpc) is 3.34. The van der Waals surface area contributed by atoms with E-state index in [0.29, 0.717) is 0 Å². The third kappa shape index (κ3) is 5.02. The molecule has 0 spiro atoms. The monoisotopic (exact) mass is 679 g/mol. The molecule has 8 aromatic rings. The number of fused-ring (bicyclic) bond motifs is 8. The molecule has 2 heteroatoms. The third-order valence-corrected chi connectivity index (χ3v) is 11.1. The lowest BCUT2D eigenvalue weighted by atomic mass is 9.82. The Morgan fingerprint density at radius 1 is 0.396 bits per heavy atom. The van der Waals surface area contributed by atoms with Crippen LogP contribution < -0.4 is 9.64 Å². The van der Waals surface area contributed by atoms with Crippen molar-refractivity contribution in [2.24, 2.45) is 0 Å². The van der Waals surface area contributed by atoms with Crippen LogP contribution in [-0.2, 0) is 5.41 Å². The molecule has 0 radical (unpaired) electrons. The number of anilines is 3. The molecule has 53 heavy (non-hydrogen) atoms. The van der Waals surface area contributed by atoms with Crippen molar-refractivity contribution in [3.05, 3.63) is 199 Å². The largest absolute Gasteiger partial charge is 0.454 e. The highest BCUT2D eigenvalue weighted by atomic mass is 16.5. The second-order valence-electron chi connectivity index (χ2n) is 14.5. The van der Waals surface area contributed by atoms with Crippen molar-refractivity contribution in [1.29, 1.82) is 0 Å². The summed E-state index contributed by atoms with van der Waals surface area (Å²) in [5, 5.41) is 0. The lowest BCUT2D eigenvalue weighted by Crippen LogP contribution is -2.17. The Morgan fingerprint density at radius 2 is 0.981 bits per heavy atom. The number of para-hydroxylation sites is 2. The molecule has 0 bridgehead atoms. The second kappa shape index (κ2) is 12.3. The lowest BCUT2D eigenvalue weighted by Gasteiger charge is -2.30. The van der Waals surface area contributed by atoms with Crippen LogP contribution in [0, 0.1) is 0 Å². The summed E-state index contributed by atoms with van der Waals surface area (Å²) in [6, 6.07) is 67.7. The molecule has 1 aliphatic carbocycles. The zero-order valence-electron chi connectivity index (χ0n) is 29.8. The molecule has 10 rings (SSSR count). The second-order valence-corrected chi connectivity index (χ2v) is 14.5. The molecular weight excluding hydrogens is 643 g/mol. The van der Waals surface area contributed by atoms with Gasteiger partial charge in [0.25, 0.3) is 0 Å². The molecule has 0 fully saturated rings. The Bertz CT molecular complexity index is 2670. The van der Waals surface area contributed by atoms with Gasteiger partial charge in [-0.2, -0.15) is 0 Å². The van der Waals surface area contributed by atoms with Crippen LogP contribution >= 0.6 is 0 Å². The predicted octanol–water partition coefficient (Wildman–Crippen LogP) is 14.2. The predicted molar refractivity (Wildman–Crippen MR) is 221 cm³/mol. The van der Waals surface area contributed by atoms with Crippen LogP contribution in [-0.4, -0.2) is 0 Å². The van der Waals surface area contributed by atoms with E-state index in [2.05, 4.69) is 207 Å². The van der Waals surface area contributed by atoms with Crippen LogP contribution in [0.4, 0.5) is 17.1 Å². The molecule has 2 aliphatic rings. The standard InChI is InChI=1S/C51H37NO/c1-51(2)45-27-11-9-22-40(45)41-31-30-38(33-46(41)51)52(37-21-13-20-36(32-37)34-16-5-3-6-17-34)47-28-15-26-43-42-25-14-24-39(35-18-7-4-8-19-35)49(42)44-23-10-12-29-48(44)53-50(43)47/h3-33H,1-2H3. The van der Waals surface area contributed by atoms with Crippen molar-refractivity contribution in [2.75, 3.05) is 4.90 Å². The van der Waals surface area contributed by atoms with Crippen molar-refractivity contribution < 1.29 is 4.74 Å². The van der Waals surface area contributed by atoms with E-state index in [9.17, 15) is 0 Å². The minimum absolute atomic E-state index is 0.144. The van der Waals surface area contributed by atoms with Gasteiger partial charge in [0, 0.05) is 33.5 Å². The van der Waals surface area contributed by atoms with Crippen LogP contribution in [0.1, 0.15) is 25.0 Å². The van der Waals surface area contributed by atoms with Crippen molar-refractivity contribution in [3.8, 4) is 67.1 Å². The van der Waals surface area contributed by atoms with E-state index in [1.165, 1.54) is 44.5 Å². The van der Waals surface area contributed by atoms with Gasteiger partial charge in [0.15, 0.2) is 5.75 Å². The van der Waals surface area contributed by atoms with Gasteiger partial charge in [0.05, 0.1) is 5.69 Å². The molecule has 8 aromatic carbocycles. The van der Waals surface area contributed by atoms with Crippen molar-refractivity contribution in [2.45, 2.75) is 19.3 Å². The van der Waals surface area contributed by atoms with Gasteiger partial charge in [0.2, 0.25) is 0 Å². The smallest absolute Gasteiger partial charge is 0.159 e. The zero-order chi connectivity index (χ0) is 35.5. The fourth-order valence-corrected chi connectivity index (χ4v) is 8.53. The van der Waals surface area contributed by atoms with Crippen LogP contribution in [0.2, 0.25) is 0 Å². The van der Waals surface area contributed by atoms with Gasteiger partial charge in [-0.15, -0.1) is 0 Å². The summed E-state index contributed by atoms with van der Waals surface area (Å²) in [5.41, 5.74) is 17.5. The van der Waals surface area contributed by atoms with E-state index in [-0.39, 0.29) is 5.41 Å². The Labute approximate surface area is 311 Å². The SMILES string of the molecule is CC1(C)c2ccccc2-c2ccc(N(c3cccc(-c4ccccc4)c3)c3cccc4c3Oc3ccccc3-c3c(-c5ccccc5)cccc3-4)cc21. The highest BCUT2D eigenvalue weighted by molar-refractivity contribution is 6.01. The van der Waals surface area contributed by atoms with Crippen LogP contribution in [0.3, 0.4) is 0 Å². The summed E-state index contributed by atoms with van der Waals surface area (Å²) in [6.07, 6.45) is 0. The third-order valence-electron chi connectivity index (χ3n) is 11.1. The van der Waals surface area contributed by atoms with Gasteiger partial charge in [-0.1, -0.05) is 166 Å². The number of rotatable bonds is 5. The summed E-state index contributed by atoms with van der Waals surface area (Å²) in [6.45, 7) is 4.69. The Morgan fingerprint density at radius 3 is 1.81 bits per heavy atom. The Balaban J connectivity index is 1.23. The maximum Gasteiger partial charge on any atom is 0.159 e. The molecule has 0 N–H and O–H groups in total. The van der Waals surface area contributed by atoms with Gasteiger partial charge < -0.3 is 9.64 Å². The van der Waals surface area contributed by atoms with E-state index >= 15 is 0 Å². The summed E-state index contributed by atoms with van der Waals surface area (Å²) < 4.78 is 7.19. The average molecular weight is 680 g/mol. The van der Waals surface area contributed by atoms with E-state index < -0.39 is 0 Å². The minimum Gasteiger partial charge on any atom is -0.454 e. The number of hydrogen-bond donors (Lipinski definition) is 0. The molecule has 0 aromatic heterocycles. The lowest BCUT2D eigenvalue weighted by molar-refractivity contribution is 0.489. The van der Waals surface area contributed by atoms with E-state index in [1.807, 2.05) is 0 Å². The molecule has 0 atom stereocenters. The van der Waals surface area contributed by atoms with Crippen LogP contribution in [0.5, 0.6) is 11.5 Å².